The van der Waals surface area contributed by atoms with Crippen LogP contribution in [0.5, 0.6) is 0 Å². The maximum atomic E-state index is 14.8. The Morgan fingerprint density at radius 2 is 1.64 bits per heavy atom. The van der Waals surface area contributed by atoms with Crippen molar-refractivity contribution in [1.29, 1.82) is 0 Å². The molecule has 1 aliphatic heterocycles. The highest BCUT2D eigenvalue weighted by Crippen LogP contribution is 2.43. The van der Waals surface area contributed by atoms with Crippen molar-refractivity contribution in [2.24, 2.45) is 0 Å². The van der Waals surface area contributed by atoms with Gasteiger partial charge in [-0.3, -0.25) is 0 Å². The molecule has 47 heavy (non-hydrogen) atoms. The number of urea groups is 1. The molecule has 1 aromatic heterocycles. The fourth-order valence-electron chi connectivity index (χ4n) is 5.74. The van der Waals surface area contributed by atoms with E-state index in [4.69, 9.17) is 0 Å². The molecule has 5 rings (SSSR count). The molecule has 0 bridgehead atoms. The van der Waals surface area contributed by atoms with Gasteiger partial charge < -0.3 is 10.6 Å². The number of rotatable bonds is 8. The number of anilines is 1. The van der Waals surface area contributed by atoms with Crippen LogP contribution in [0.1, 0.15) is 43.0 Å². The number of carbonyl (C=O) groups excluding carboxylic acids is 1. The highest BCUT2D eigenvalue weighted by atomic mass is 32.2. The van der Waals surface area contributed by atoms with Crippen LogP contribution in [0.2, 0.25) is 0 Å². The van der Waals surface area contributed by atoms with E-state index in [2.05, 4.69) is 15.6 Å². The standard InChI is InChI=1S/C33H30F6N4O3S/c1-21-18-32(35,36)20-43(21,47(45,46)28-14-12-27(34)13-15-28)31(44)40-19-23-16-29(25-8-10-26(11-9-25)33(37,38)39)42-30(17-23)41-22(2)24-6-4-3-5-7-24/h3-17,21-22H,18-20H2,1-2H3,(H-,40,41,42,44)/p+1/t21-,22?,43?/m1/s1. The van der Waals surface area contributed by atoms with Crippen molar-refractivity contribution in [3.05, 3.63) is 114 Å². The Bertz CT molecular complexity index is 1850. The summed E-state index contributed by atoms with van der Waals surface area (Å²) >= 11 is 0. The minimum absolute atomic E-state index is 0.247. The number of sulfonamides is 1. The Kier molecular flexibility index (Phi) is 9.12. The van der Waals surface area contributed by atoms with Gasteiger partial charge in [0.25, 0.3) is 0 Å². The number of amides is 2. The van der Waals surface area contributed by atoms with E-state index < -0.39 is 67.3 Å². The lowest BCUT2D eigenvalue weighted by Crippen LogP contribution is -2.62. The maximum Gasteiger partial charge on any atom is 0.432 e. The predicted octanol–water partition coefficient (Wildman–Crippen LogP) is 7.92. The maximum absolute atomic E-state index is 14.8. The molecule has 1 fully saturated rings. The number of nitrogens with one attached hydrogen (secondary N) is 2. The van der Waals surface area contributed by atoms with Gasteiger partial charge in [0.05, 0.1) is 17.7 Å². The Morgan fingerprint density at radius 1 is 1.00 bits per heavy atom. The van der Waals surface area contributed by atoms with Gasteiger partial charge >= 0.3 is 28.2 Å². The highest BCUT2D eigenvalue weighted by molar-refractivity contribution is 7.86. The van der Waals surface area contributed by atoms with Crippen LogP contribution in [-0.2, 0) is 22.7 Å². The number of aromatic nitrogens is 1. The largest absolute Gasteiger partial charge is 0.432 e. The summed E-state index contributed by atoms with van der Waals surface area (Å²) < 4.78 is 109. The summed E-state index contributed by atoms with van der Waals surface area (Å²) in [5, 5.41) is 5.73. The second kappa shape index (κ2) is 12.6. The molecule has 2 unspecified atom stereocenters. The molecule has 0 saturated carbocycles. The number of hydrogen-bond donors (Lipinski definition) is 2. The summed E-state index contributed by atoms with van der Waals surface area (Å²) in [7, 11) is -4.80. The third-order valence-corrected chi connectivity index (χ3v) is 10.5. The van der Waals surface area contributed by atoms with Crippen molar-refractivity contribution in [3.63, 3.8) is 0 Å². The van der Waals surface area contributed by atoms with Gasteiger partial charge in [0.1, 0.15) is 22.6 Å². The summed E-state index contributed by atoms with van der Waals surface area (Å²) in [6.45, 7) is 1.45. The van der Waals surface area contributed by atoms with Crippen LogP contribution in [-0.4, -0.2) is 41.8 Å². The first-order chi connectivity index (χ1) is 22.0. The molecule has 2 amide bonds. The van der Waals surface area contributed by atoms with Gasteiger partial charge in [-0.05, 0) is 73.5 Å². The molecular weight excluding hydrogens is 646 g/mol. The SMILES string of the molecule is CC(Nc1cc(CNC(=O)[N+]2(S(=O)(=O)c3ccc(F)cc3)CC(F)(F)C[C@H]2C)cc(-c2ccc(C(F)(F)F)cc2)n1)c1ccccc1. The smallest absolute Gasteiger partial charge is 0.364 e. The zero-order valence-corrected chi connectivity index (χ0v) is 26.0. The Balaban J connectivity index is 1.49. The minimum atomic E-state index is -4.80. The van der Waals surface area contributed by atoms with E-state index in [0.717, 1.165) is 42.0 Å². The molecule has 2 heterocycles. The average Bonchev–Trinajstić information content (AvgIpc) is 3.29. The first kappa shape index (κ1) is 33.9. The van der Waals surface area contributed by atoms with E-state index in [-0.39, 0.29) is 18.3 Å². The number of carbonyl (C=O) groups is 1. The second-order valence-corrected chi connectivity index (χ2v) is 13.6. The summed E-state index contributed by atoms with van der Waals surface area (Å²) in [6, 6.07) is 17.5. The molecule has 0 spiro atoms. The number of quaternary nitrogens is 1. The molecule has 0 aliphatic carbocycles. The van der Waals surface area contributed by atoms with Gasteiger partial charge in [0.2, 0.25) is 0 Å². The van der Waals surface area contributed by atoms with Gasteiger partial charge in [0, 0.05) is 18.2 Å². The molecule has 3 atom stereocenters. The van der Waals surface area contributed by atoms with E-state index >= 15 is 0 Å². The van der Waals surface area contributed by atoms with E-state index in [1.165, 1.54) is 25.1 Å². The number of likely N-dealkylation sites (tertiary alicyclic amines) is 1. The van der Waals surface area contributed by atoms with Crippen molar-refractivity contribution >= 4 is 21.9 Å². The Labute approximate surface area is 267 Å². The lowest BCUT2D eigenvalue weighted by Gasteiger charge is -2.33. The first-order valence-electron chi connectivity index (χ1n) is 14.6. The molecular formula is C33H31F6N4O3S+. The summed E-state index contributed by atoms with van der Waals surface area (Å²) in [5.74, 6) is -3.93. The Hall–Kier alpha value is -4.43. The monoisotopic (exact) mass is 677 g/mol. The number of alkyl halides is 5. The molecule has 7 nitrogen and oxygen atoms in total. The van der Waals surface area contributed by atoms with Crippen molar-refractivity contribution in [2.45, 2.75) is 55.9 Å². The van der Waals surface area contributed by atoms with Crippen molar-refractivity contribution < 1.29 is 43.4 Å². The van der Waals surface area contributed by atoms with Crippen molar-refractivity contribution in [3.8, 4) is 11.3 Å². The normalized spacial score (nSPS) is 20.0. The Morgan fingerprint density at radius 3 is 2.21 bits per heavy atom. The number of hydrogen-bond acceptors (Lipinski definition) is 5. The second-order valence-electron chi connectivity index (χ2n) is 11.5. The first-order valence-corrected chi connectivity index (χ1v) is 16.0. The highest BCUT2D eigenvalue weighted by Gasteiger charge is 2.66. The van der Waals surface area contributed by atoms with E-state index in [1.54, 1.807) is 6.07 Å². The summed E-state index contributed by atoms with van der Waals surface area (Å²) in [4.78, 5) is 17.9. The number of halogens is 6. The zero-order valence-electron chi connectivity index (χ0n) is 25.2. The van der Waals surface area contributed by atoms with Crippen LogP contribution in [0.3, 0.4) is 0 Å². The van der Waals surface area contributed by atoms with Crippen LogP contribution in [0.15, 0.2) is 95.9 Å². The summed E-state index contributed by atoms with van der Waals surface area (Å²) in [6.07, 6.45) is -5.42. The number of pyridine rings is 1. The topological polar surface area (TPSA) is 88.2 Å². The molecule has 1 aliphatic rings. The van der Waals surface area contributed by atoms with Crippen LogP contribution >= 0.6 is 0 Å². The molecule has 0 radical (unpaired) electrons. The fraction of sp³-hybridized carbons (Fsp3) is 0.273. The fourth-order valence-corrected chi connectivity index (χ4v) is 7.79. The van der Waals surface area contributed by atoms with Gasteiger partial charge in [-0.2, -0.15) is 21.6 Å². The van der Waals surface area contributed by atoms with Gasteiger partial charge in [-0.15, -0.1) is 3.89 Å². The van der Waals surface area contributed by atoms with Gasteiger partial charge in [-0.25, -0.2) is 22.9 Å². The van der Waals surface area contributed by atoms with Crippen LogP contribution < -0.4 is 10.6 Å². The average molecular weight is 678 g/mol. The molecule has 14 heteroatoms. The predicted molar refractivity (Wildman–Crippen MR) is 163 cm³/mol. The van der Waals surface area contributed by atoms with Crippen molar-refractivity contribution in [2.75, 3.05) is 11.9 Å². The summed E-state index contributed by atoms with van der Waals surface area (Å²) in [5.41, 5.74) is 0.995. The third-order valence-electron chi connectivity index (χ3n) is 8.16. The zero-order chi connectivity index (χ0) is 34.2. The number of benzene rings is 3. The molecule has 2 N–H and O–H groups in total. The quantitative estimate of drug-likeness (QED) is 0.146. The number of nitrogens with zero attached hydrogens (tertiary/aromatic N) is 2. The minimum Gasteiger partial charge on any atom is -0.364 e. The van der Waals surface area contributed by atoms with Crippen LogP contribution in [0.4, 0.5) is 37.0 Å². The van der Waals surface area contributed by atoms with Crippen molar-refractivity contribution in [1.82, 2.24) is 10.3 Å². The molecule has 4 aromatic rings. The molecule has 248 valence electrons. The lowest BCUT2D eigenvalue weighted by atomic mass is 10.1. The third kappa shape index (κ3) is 6.98. The molecule has 1 saturated heterocycles. The van der Waals surface area contributed by atoms with Gasteiger partial charge in [0.15, 0.2) is 6.54 Å². The van der Waals surface area contributed by atoms with E-state index in [9.17, 15) is 39.6 Å². The van der Waals surface area contributed by atoms with E-state index in [0.29, 0.717) is 16.9 Å². The van der Waals surface area contributed by atoms with Crippen LogP contribution in [0, 0.1) is 5.82 Å². The lowest BCUT2D eigenvalue weighted by molar-refractivity contribution is -0.738. The van der Waals surface area contributed by atoms with Gasteiger partial charge in [-0.1, -0.05) is 42.5 Å². The van der Waals surface area contributed by atoms with E-state index in [1.807, 2.05) is 37.3 Å². The molecule has 3 aromatic carbocycles. The van der Waals surface area contributed by atoms with Crippen LogP contribution in [0.25, 0.3) is 11.3 Å².